The van der Waals surface area contributed by atoms with Gasteiger partial charge in [0.1, 0.15) is 5.69 Å². The predicted octanol–water partition coefficient (Wildman–Crippen LogP) is 1.34. The van der Waals surface area contributed by atoms with Crippen LogP contribution in [-0.4, -0.2) is 34.6 Å². The zero-order valence-corrected chi connectivity index (χ0v) is 12.8. The van der Waals surface area contributed by atoms with Crippen molar-refractivity contribution in [3.05, 3.63) is 24.0 Å². The number of nitrogens with one attached hydrogen (secondary N) is 2. The van der Waals surface area contributed by atoms with Crippen LogP contribution in [0.5, 0.6) is 0 Å². The highest BCUT2D eigenvalue weighted by molar-refractivity contribution is 5.98. The highest BCUT2D eigenvalue weighted by Crippen LogP contribution is 2.17. The van der Waals surface area contributed by atoms with Crippen molar-refractivity contribution in [1.82, 2.24) is 15.2 Å². The van der Waals surface area contributed by atoms with Crippen LogP contribution in [0.3, 0.4) is 0 Å². The fourth-order valence-corrected chi connectivity index (χ4v) is 2.45. The number of hydrogen-bond acceptors (Lipinski definition) is 4. The monoisotopic (exact) mass is 307 g/mol. The van der Waals surface area contributed by atoms with E-state index in [1.165, 1.54) is 6.92 Å². The molecule has 0 aromatic carbocycles. The summed E-state index contributed by atoms with van der Waals surface area (Å²) in [5.74, 6) is -1.25. The summed E-state index contributed by atoms with van der Waals surface area (Å²) >= 11 is 0. The Balaban J connectivity index is 1.80. The average Bonchev–Trinajstić information content (AvgIpc) is 3.09. The molecule has 1 aliphatic carbocycles. The van der Waals surface area contributed by atoms with E-state index >= 15 is 0 Å². The molecule has 1 atom stereocenters. The quantitative estimate of drug-likeness (QED) is 0.821. The Morgan fingerprint density at radius 3 is 2.59 bits per heavy atom. The van der Waals surface area contributed by atoms with Gasteiger partial charge in [0.2, 0.25) is 0 Å². The first-order valence-corrected chi connectivity index (χ1v) is 7.41. The van der Waals surface area contributed by atoms with E-state index in [1.54, 1.807) is 29.9 Å². The summed E-state index contributed by atoms with van der Waals surface area (Å²) in [7, 11) is 1.70. The molecule has 7 heteroatoms. The van der Waals surface area contributed by atoms with Crippen molar-refractivity contribution in [1.29, 1.82) is 0 Å². The Hall–Kier alpha value is -2.31. The van der Waals surface area contributed by atoms with Gasteiger partial charge in [-0.25, -0.2) is 9.59 Å². The van der Waals surface area contributed by atoms with Crippen LogP contribution in [0.4, 0.5) is 4.79 Å². The molecule has 0 aliphatic heterocycles. The molecule has 2 N–H and O–H groups in total. The smallest absolute Gasteiger partial charge is 0.355 e. The summed E-state index contributed by atoms with van der Waals surface area (Å²) in [6.07, 6.45) is 4.69. The van der Waals surface area contributed by atoms with Gasteiger partial charge in [-0.05, 0) is 31.9 Å². The molecule has 0 saturated heterocycles. The standard InChI is InChI=1S/C15H21N3O4/c1-10(22-14(20)12-8-5-9-18(12)2)13(19)17-15(21)16-11-6-3-4-7-11/h5,8-11H,3-4,6-7H2,1-2H3,(H2,16,17,19,21)/t10-/m0/s1. The summed E-state index contributed by atoms with van der Waals surface area (Å²) in [6.45, 7) is 1.43. The molecule has 0 radical (unpaired) electrons. The molecule has 1 heterocycles. The van der Waals surface area contributed by atoms with E-state index in [4.69, 9.17) is 4.74 Å². The highest BCUT2D eigenvalue weighted by atomic mass is 16.5. The van der Waals surface area contributed by atoms with Gasteiger partial charge in [0.15, 0.2) is 6.10 Å². The second-order valence-corrected chi connectivity index (χ2v) is 5.50. The lowest BCUT2D eigenvalue weighted by molar-refractivity contribution is -0.127. The Kier molecular flexibility index (Phi) is 5.19. The lowest BCUT2D eigenvalue weighted by atomic mass is 10.2. The normalized spacial score (nSPS) is 16.1. The number of esters is 1. The van der Waals surface area contributed by atoms with Crippen molar-refractivity contribution in [3.8, 4) is 0 Å². The number of ether oxygens (including phenoxy) is 1. The van der Waals surface area contributed by atoms with E-state index in [2.05, 4.69) is 10.6 Å². The molecule has 1 aromatic heterocycles. The first kappa shape index (κ1) is 16.1. The van der Waals surface area contributed by atoms with Gasteiger partial charge in [-0.2, -0.15) is 0 Å². The van der Waals surface area contributed by atoms with Crippen molar-refractivity contribution in [3.63, 3.8) is 0 Å². The Morgan fingerprint density at radius 1 is 1.32 bits per heavy atom. The minimum atomic E-state index is -1.04. The van der Waals surface area contributed by atoms with Crippen LogP contribution in [0.15, 0.2) is 18.3 Å². The number of aryl methyl sites for hydroxylation is 1. The summed E-state index contributed by atoms with van der Waals surface area (Å²) in [5.41, 5.74) is 0.343. The molecule has 0 bridgehead atoms. The Morgan fingerprint density at radius 2 is 2.00 bits per heavy atom. The maximum Gasteiger partial charge on any atom is 0.355 e. The highest BCUT2D eigenvalue weighted by Gasteiger charge is 2.23. The molecule has 0 spiro atoms. The van der Waals surface area contributed by atoms with Crippen molar-refractivity contribution < 1.29 is 19.1 Å². The van der Waals surface area contributed by atoms with E-state index < -0.39 is 24.0 Å². The van der Waals surface area contributed by atoms with Crippen LogP contribution in [0.25, 0.3) is 0 Å². The lowest BCUT2D eigenvalue weighted by Crippen LogP contribution is -2.47. The Bertz CT molecular complexity index is 561. The van der Waals surface area contributed by atoms with E-state index in [0.29, 0.717) is 5.69 Å². The van der Waals surface area contributed by atoms with Gasteiger partial charge in [0, 0.05) is 19.3 Å². The molecule has 1 saturated carbocycles. The van der Waals surface area contributed by atoms with Gasteiger partial charge in [-0.3, -0.25) is 10.1 Å². The van der Waals surface area contributed by atoms with Crippen molar-refractivity contribution >= 4 is 17.9 Å². The molecule has 7 nitrogen and oxygen atoms in total. The molecule has 22 heavy (non-hydrogen) atoms. The summed E-state index contributed by atoms with van der Waals surface area (Å²) in [4.78, 5) is 35.4. The molecule has 3 amide bonds. The number of imide groups is 1. The fourth-order valence-electron chi connectivity index (χ4n) is 2.45. The second-order valence-electron chi connectivity index (χ2n) is 5.50. The summed E-state index contributed by atoms with van der Waals surface area (Å²) < 4.78 is 6.65. The number of amides is 3. The first-order valence-electron chi connectivity index (χ1n) is 7.41. The third-order valence-corrected chi connectivity index (χ3v) is 3.73. The number of carbonyl (C=O) groups is 3. The number of aromatic nitrogens is 1. The van der Waals surface area contributed by atoms with Crippen LogP contribution in [0, 0.1) is 0 Å². The molecule has 1 aromatic rings. The van der Waals surface area contributed by atoms with Gasteiger partial charge in [-0.1, -0.05) is 12.8 Å². The maximum absolute atomic E-state index is 11.9. The van der Waals surface area contributed by atoms with Gasteiger partial charge in [0.05, 0.1) is 0 Å². The Labute approximate surface area is 129 Å². The topological polar surface area (TPSA) is 89.4 Å². The molecule has 2 rings (SSSR count). The minimum Gasteiger partial charge on any atom is -0.448 e. The lowest BCUT2D eigenvalue weighted by Gasteiger charge is -2.15. The SMILES string of the molecule is C[C@H](OC(=O)c1cccn1C)C(=O)NC(=O)NC1CCCC1. The second kappa shape index (κ2) is 7.11. The van der Waals surface area contributed by atoms with Gasteiger partial charge in [-0.15, -0.1) is 0 Å². The minimum absolute atomic E-state index is 0.119. The van der Waals surface area contributed by atoms with Crippen LogP contribution in [0.2, 0.25) is 0 Å². The molecule has 120 valence electrons. The largest absolute Gasteiger partial charge is 0.448 e. The van der Waals surface area contributed by atoms with Gasteiger partial charge >= 0.3 is 12.0 Å². The number of rotatable bonds is 4. The van der Waals surface area contributed by atoms with E-state index in [1.807, 2.05) is 0 Å². The molecule has 0 unspecified atom stereocenters. The van der Waals surface area contributed by atoms with Crippen LogP contribution < -0.4 is 10.6 Å². The molecular formula is C15H21N3O4. The van der Waals surface area contributed by atoms with E-state index in [-0.39, 0.29) is 6.04 Å². The van der Waals surface area contributed by atoms with Crippen LogP contribution in [0.1, 0.15) is 43.1 Å². The number of carbonyl (C=O) groups excluding carboxylic acids is 3. The maximum atomic E-state index is 11.9. The molecular weight excluding hydrogens is 286 g/mol. The summed E-state index contributed by atoms with van der Waals surface area (Å²) in [5, 5.41) is 4.94. The van der Waals surface area contributed by atoms with E-state index in [0.717, 1.165) is 25.7 Å². The van der Waals surface area contributed by atoms with Gasteiger partial charge < -0.3 is 14.6 Å². The van der Waals surface area contributed by atoms with Gasteiger partial charge in [0.25, 0.3) is 5.91 Å². The van der Waals surface area contributed by atoms with Crippen molar-refractivity contribution in [2.75, 3.05) is 0 Å². The van der Waals surface area contributed by atoms with Crippen molar-refractivity contribution in [2.24, 2.45) is 7.05 Å². The molecule has 1 aliphatic rings. The zero-order chi connectivity index (χ0) is 16.1. The van der Waals surface area contributed by atoms with E-state index in [9.17, 15) is 14.4 Å². The average molecular weight is 307 g/mol. The fraction of sp³-hybridized carbons (Fsp3) is 0.533. The van der Waals surface area contributed by atoms with Crippen LogP contribution in [-0.2, 0) is 16.6 Å². The summed E-state index contributed by atoms with van der Waals surface area (Å²) in [6, 6.07) is 2.88. The number of urea groups is 1. The third-order valence-electron chi connectivity index (χ3n) is 3.73. The van der Waals surface area contributed by atoms with Crippen LogP contribution >= 0.6 is 0 Å². The third kappa shape index (κ3) is 4.09. The zero-order valence-electron chi connectivity index (χ0n) is 12.8. The number of nitrogens with zero attached hydrogens (tertiary/aromatic N) is 1. The van der Waals surface area contributed by atoms with Crippen molar-refractivity contribution in [2.45, 2.75) is 44.8 Å². The molecule has 1 fully saturated rings. The predicted molar refractivity (Wildman–Crippen MR) is 79.2 cm³/mol. The number of hydrogen-bond donors (Lipinski definition) is 2. The first-order chi connectivity index (χ1) is 10.5.